The van der Waals surface area contributed by atoms with Crippen molar-refractivity contribution in [2.24, 2.45) is 0 Å². The number of hydrogen-bond acceptors (Lipinski definition) is 1. The second kappa shape index (κ2) is 13.1. The van der Waals surface area contributed by atoms with E-state index in [0.717, 1.165) is 11.4 Å². The van der Waals surface area contributed by atoms with Gasteiger partial charge in [0.05, 0.1) is 11.0 Å². The van der Waals surface area contributed by atoms with Crippen LogP contribution in [0.25, 0.3) is 38.6 Å². The smallest absolute Gasteiger partial charge is 0.0541 e. The topological polar surface area (TPSA) is 8.17 Å². The van der Waals surface area contributed by atoms with Crippen molar-refractivity contribution < 1.29 is 0 Å². The highest BCUT2D eigenvalue weighted by Crippen LogP contribution is 2.46. The molecule has 9 rings (SSSR count). The fourth-order valence-electron chi connectivity index (χ4n) is 8.54. The van der Waals surface area contributed by atoms with Crippen LogP contribution in [0.4, 0.5) is 17.1 Å². The number of anilines is 3. The monoisotopic (exact) mass is 658 g/mol. The minimum atomic E-state index is 0.0862. The van der Waals surface area contributed by atoms with Gasteiger partial charge in [0.15, 0.2) is 0 Å². The summed E-state index contributed by atoms with van der Waals surface area (Å²) in [4.78, 5) is 2.39. The second-order valence-electron chi connectivity index (χ2n) is 14.2. The van der Waals surface area contributed by atoms with E-state index in [4.69, 9.17) is 0 Å². The standard InChI is InChI=1S/C49H42N2/c1-36-19-26-42(27-20-36)50(44-30-24-40(25-31-44)49(33-11-4-12-34-49)39-13-5-2-6-14-39)43-28-21-37(22-29-43)38-23-32-48-46(35-38)45-17-9-10-18-47(45)51(48)41-15-7-3-8-16-41/h2-3,5-10,13-32,35H,4,11-12,33-34H2,1H3. The number of rotatable bonds is 7. The lowest BCUT2D eigenvalue weighted by atomic mass is 9.65. The third-order valence-electron chi connectivity index (χ3n) is 11.1. The molecule has 1 aliphatic carbocycles. The van der Waals surface area contributed by atoms with Gasteiger partial charge in [-0.1, -0.05) is 134 Å². The fourth-order valence-corrected chi connectivity index (χ4v) is 8.54. The van der Waals surface area contributed by atoms with Crippen molar-refractivity contribution in [3.63, 3.8) is 0 Å². The predicted octanol–water partition coefficient (Wildman–Crippen LogP) is 13.5. The molecule has 1 aliphatic rings. The van der Waals surface area contributed by atoms with Gasteiger partial charge in [0.1, 0.15) is 0 Å². The molecule has 0 N–H and O–H groups in total. The third kappa shape index (κ3) is 5.62. The molecular weight excluding hydrogens is 617 g/mol. The number of nitrogens with zero attached hydrogens (tertiary/aromatic N) is 2. The van der Waals surface area contributed by atoms with E-state index >= 15 is 0 Å². The highest BCUT2D eigenvalue weighted by Gasteiger charge is 2.35. The van der Waals surface area contributed by atoms with E-state index in [1.54, 1.807) is 0 Å². The van der Waals surface area contributed by atoms with Crippen LogP contribution in [0.1, 0.15) is 48.8 Å². The molecule has 0 amide bonds. The van der Waals surface area contributed by atoms with Gasteiger partial charge in [-0.15, -0.1) is 0 Å². The summed E-state index contributed by atoms with van der Waals surface area (Å²) in [6, 6.07) is 64.9. The molecule has 1 heterocycles. The summed E-state index contributed by atoms with van der Waals surface area (Å²) < 4.78 is 2.37. The van der Waals surface area contributed by atoms with Crippen molar-refractivity contribution in [3.8, 4) is 16.8 Å². The molecule has 0 radical (unpaired) electrons. The van der Waals surface area contributed by atoms with E-state index in [1.165, 1.54) is 93.1 Å². The van der Waals surface area contributed by atoms with E-state index in [1.807, 2.05) is 0 Å². The summed E-state index contributed by atoms with van der Waals surface area (Å²) in [7, 11) is 0. The quantitative estimate of drug-likeness (QED) is 0.165. The number of aryl methyl sites for hydroxylation is 1. The summed E-state index contributed by atoms with van der Waals surface area (Å²) in [5.74, 6) is 0. The van der Waals surface area contributed by atoms with E-state index in [0.29, 0.717) is 0 Å². The van der Waals surface area contributed by atoms with Gasteiger partial charge in [-0.05, 0) is 109 Å². The van der Waals surface area contributed by atoms with Gasteiger partial charge in [-0.2, -0.15) is 0 Å². The van der Waals surface area contributed by atoms with E-state index in [9.17, 15) is 0 Å². The lowest BCUT2D eigenvalue weighted by molar-refractivity contribution is 0.346. The van der Waals surface area contributed by atoms with Crippen LogP contribution in [0.5, 0.6) is 0 Å². The first-order valence-electron chi connectivity index (χ1n) is 18.4. The Labute approximate surface area is 301 Å². The van der Waals surface area contributed by atoms with Gasteiger partial charge in [-0.3, -0.25) is 0 Å². The summed E-state index contributed by atoms with van der Waals surface area (Å²) in [6.07, 6.45) is 6.30. The maximum Gasteiger partial charge on any atom is 0.0541 e. The van der Waals surface area contributed by atoms with Crippen LogP contribution >= 0.6 is 0 Å². The SMILES string of the molecule is Cc1ccc(N(c2ccc(-c3ccc4c(c3)c3ccccc3n4-c3ccccc3)cc2)c2ccc(C3(c4ccccc4)CCCCC3)cc2)cc1. The van der Waals surface area contributed by atoms with Crippen LogP contribution < -0.4 is 4.90 Å². The van der Waals surface area contributed by atoms with Crippen LogP contribution in [0.15, 0.2) is 176 Å². The zero-order chi connectivity index (χ0) is 34.2. The molecular formula is C49H42N2. The molecule has 2 nitrogen and oxygen atoms in total. The second-order valence-corrected chi connectivity index (χ2v) is 14.2. The Hall–Kier alpha value is -5.86. The molecule has 7 aromatic carbocycles. The Morgan fingerprint density at radius 2 is 0.980 bits per heavy atom. The summed E-state index contributed by atoms with van der Waals surface area (Å²) in [5, 5.41) is 2.54. The third-order valence-corrected chi connectivity index (χ3v) is 11.1. The van der Waals surface area contributed by atoms with Crippen LogP contribution in [0.2, 0.25) is 0 Å². The molecule has 0 bridgehead atoms. The van der Waals surface area contributed by atoms with Gasteiger partial charge in [0, 0.05) is 38.9 Å². The average molecular weight is 659 g/mol. The zero-order valence-corrected chi connectivity index (χ0v) is 29.2. The van der Waals surface area contributed by atoms with Crippen LogP contribution in [-0.2, 0) is 5.41 Å². The molecule has 0 saturated heterocycles. The number of benzene rings is 7. The summed E-state index contributed by atoms with van der Waals surface area (Å²) in [6.45, 7) is 2.15. The Morgan fingerprint density at radius 1 is 0.451 bits per heavy atom. The number of hydrogen-bond donors (Lipinski definition) is 0. The highest BCUT2D eigenvalue weighted by atomic mass is 15.1. The van der Waals surface area contributed by atoms with Crippen molar-refractivity contribution in [1.82, 2.24) is 4.57 Å². The van der Waals surface area contributed by atoms with Crippen molar-refractivity contribution in [3.05, 3.63) is 193 Å². The molecule has 0 spiro atoms. The molecule has 0 aliphatic heterocycles. The molecule has 0 unspecified atom stereocenters. The van der Waals surface area contributed by atoms with Crippen LogP contribution in [0.3, 0.4) is 0 Å². The number of fused-ring (bicyclic) bond motifs is 3. The summed E-state index contributed by atoms with van der Waals surface area (Å²) >= 11 is 0. The van der Waals surface area contributed by atoms with Gasteiger partial charge in [0.2, 0.25) is 0 Å². The Balaban J connectivity index is 1.09. The van der Waals surface area contributed by atoms with Gasteiger partial charge in [-0.25, -0.2) is 0 Å². The molecule has 2 heteroatoms. The summed E-state index contributed by atoms with van der Waals surface area (Å²) in [5.41, 5.74) is 13.8. The normalized spacial score (nSPS) is 14.1. The van der Waals surface area contributed by atoms with Crippen molar-refractivity contribution in [2.45, 2.75) is 44.4 Å². The van der Waals surface area contributed by atoms with Crippen molar-refractivity contribution in [2.75, 3.05) is 4.90 Å². The van der Waals surface area contributed by atoms with Gasteiger partial charge < -0.3 is 9.47 Å². The van der Waals surface area contributed by atoms with E-state index < -0.39 is 0 Å². The van der Waals surface area contributed by atoms with Gasteiger partial charge >= 0.3 is 0 Å². The minimum absolute atomic E-state index is 0.0862. The Kier molecular flexibility index (Phi) is 8.01. The van der Waals surface area contributed by atoms with E-state index in [2.05, 4.69) is 192 Å². The molecule has 248 valence electrons. The Bertz CT molecular complexity index is 2420. The first kappa shape index (κ1) is 31.1. The predicted molar refractivity (Wildman–Crippen MR) is 216 cm³/mol. The number of para-hydroxylation sites is 2. The van der Waals surface area contributed by atoms with Crippen LogP contribution in [0, 0.1) is 6.92 Å². The average Bonchev–Trinajstić information content (AvgIpc) is 3.54. The first-order chi connectivity index (χ1) is 25.2. The number of aromatic nitrogens is 1. The van der Waals surface area contributed by atoms with Crippen molar-refractivity contribution >= 4 is 38.9 Å². The lowest BCUT2D eigenvalue weighted by Gasteiger charge is -2.39. The first-order valence-corrected chi connectivity index (χ1v) is 18.4. The molecule has 8 aromatic rings. The molecule has 0 atom stereocenters. The highest BCUT2D eigenvalue weighted by molar-refractivity contribution is 6.10. The van der Waals surface area contributed by atoms with Gasteiger partial charge in [0.25, 0.3) is 0 Å². The van der Waals surface area contributed by atoms with Crippen molar-refractivity contribution in [1.29, 1.82) is 0 Å². The maximum absolute atomic E-state index is 2.39. The maximum atomic E-state index is 2.39. The minimum Gasteiger partial charge on any atom is -0.311 e. The molecule has 51 heavy (non-hydrogen) atoms. The molecule has 1 aromatic heterocycles. The largest absolute Gasteiger partial charge is 0.311 e. The fraction of sp³-hybridized carbons (Fsp3) is 0.143. The van der Waals surface area contributed by atoms with Crippen LogP contribution in [-0.4, -0.2) is 4.57 Å². The molecule has 1 fully saturated rings. The lowest BCUT2D eigenvalue weighted by Crippen LogP contribution is -2.30. The zero-order valence-electron chi connectivity index (χ0n) is 29.2. The van der Waals surface area contributed by atoms with E-state index in [-0.39, 0.29) is 5.41 Å². The Morgan fingerprint density at radius 3 is 1.67 bits per heavy atom. The molecule has 1 saturated carbocycles.